The van der Waals surface area contributed by atoms with Gasteiger partial charge in [-0.05, 0) is 31.4 Å². The standard InChI is InChI=1S/C20H23N3O3/c1-4-10-22-17-12-16(15-8-6-14(7-9-15)13(3)24)21-18(17)19(25)23(11-5-2)20(22)26/h6-9,12,21H,4-5,10-11H2,1-3H3. The topological polar surface area (TPSA) is 76.9 Å². The van der Waals surface area contributed by atoms with Crippen LogP contribution in [0.3, 0.4) is 0 Å². The van der Waals surface area contributed by atoms with Gasteiger partial charge in [0.2, 0.25) is 0 Å². The molecule has 0 unspecified atom stereocenters. The van der Waals surface area contributed by atoms with Crippen LogP contribution in [0.15, 0.2) is 39.9 Å². The SMILES string of the molecule is CCCn1c(=O)c2[nH]c(-c3ccc(C(C)=O)cc3)cc2n(CCC)c1=O. The summed E-state index contributed by atoms with van der Waals surface area (Å²) in [6.07, 6.45) is 1.51. The summed E-state index contributed by atoms with van der Waals surface area (Å²) in [7, 11) is 0. The number of Topliss-reactive ketones (excluding diaryl/α,β-unsaturated/α-hetero) is 1. The zero-order chi connectivity index (χ0) is 18.8. The quantitative estimate of drug-likeness (QED) is 0.692. The van der Waals surface area contributed by atoms with E-state index in [-0.39, 0.29) is 17.0 Å². The fourth-order valence-corrected chi connectivity index (χ4v) is 3.19. The Hall–Kier alpha value is -2.89. The number of aromatic nitrogens is 3. The van der Waals surface area contributed by atoms with Crippen molar-refractivity contribution in [2.24, 2.45) is 0 Å². The molecule has 0 aliphatic carbocycles. The smallest absolute Gasteiger partial charge is 0.331 e. The molecule has 26 heavy (non-hydrogen) atoms. The second-order valence-electron chi connectivity index (χ2n) is 6.47. The molecule has 1 N–H and O–H groups in total. The van der Waals surface area contributed by atoms with Crippen molar-refractivity contribution in [3.05, 3.63) is 56.7 Å². The lowest BCUT2D eigenvalue weighted by Crippen LogP contribution is -2.39. The van der Waals surface area contributed by atoms with Gasteiger partial charge in [0, 0.05) is 24.3 Å². The van der Waals surface area contributed by atoms with Gasteiger partial charge in [-0.3, -0.25) is 18.7 Å². The maximum Gasteiger partial charge on any atom is 0.331 e. The van der Waals surface area contributed by atoms with Crippen LogP contribution >= 0.6 is 0 Å². The van der Waals surface area contributed by atoms with Crippen LogP contribution in [0.1, 0.15) is 44.0 Å². The maximum atomic E-state index is 12.8. The average molecular weight is 353 g/mol. The number of hydrogen-bond acceptors (Lipinski definition) is 3. The zero-order valence-electron chi connectivity index (χ0n) is 15.3. The van der Waals surface area contributed by atoms with E-state index in [4.69, 9.17) is 0 Å². The van der Waals surface area contributed by atoms with Gasteiger partial charge in [0.05, 0.1) is 5.52 Å². The summed E-state index contributed by atoms with van der Waals surface area (Å²) in [6, 6.07) is 9.05. The number of rotatable bonds is 6. The summed E-state index contributed by atoms with van der Waals surface area (Å²) < 4.78 is 2.97. The minimum Gasteiger partial charge on any atom is -0.349 e. The van der Waals surface area contributed by atoms with Crippen LogP contribution in [0, 0.1) is 0 Å². The molecule has 0 saturated carbocycles. The molecule has 0 spiro atoms. The molecule has 6 nitrogen and oxygen atoms in total. The molecule has 2 heterocycles. The monoisotopic (exact) mass is 353 g/mol. The number of hydrogen-bond donors (Lipinski definition) is 1. The molecule has 0 saturated heterocycles. The number of carbonyl (C=O) groups excluding carboxylic acids is 1. The van der Waals surface area contributed by atoms with Gasteiger partial charge in [0.1, 0.15) is 5.52 Å². The molecule has 0 radical (unpaired) electrons. The molecule has 0 atom stereocenters. The molecular formula is C20H23N3O3. The van der Waals surface area contributed by atoms with Gasteiger partial charge in [0.15, 0.2) is 5.78 Å². The summed E-state index contributed by atoms with van der Waals surface area (Å²) in [5.41, 5.74) is 2.78. The third-order valence-electron chi connectivity index (χ3n) is 4.51. The Labute approximate surface area is 151 Å². The van der Waals surface area contributed by atoms with Crippen molar-refractivity contribution in [1.29, 1.82) is 0 Å². The average Bonchev–Trinajstić information content (AvgIpc) is 3.08. The molecule has 1 aromatic carbocycles. The summed E-state index contributed by atoms with van der Waals surface area (Å²) in [5, 5.41) is 0. The van der Waals surface area contributed by atoms with Gasteiger partial charge in [0.25, 0.3) is 5.56 Å². The Kier molecular flexibility index (Phi) is 4.93. The summed E-state index contributed by atoms with van der Waals surface area (Å²) in [6.45, 7) is 6.43. The number of aryl methyl sites for hydroxylation is 1. The fraction of sp³-hybridized carbons (Fsp3) is 0.350. The molecular weight excluding hydrogens is 330 g/mol. The number of fused-ring (bicyclic) bond motifs is 1. The Morgan fingerprint density at radius 2 is 1.62 bits per heavy atom. The number of nitrogens with zero attached hydrogens (tertiary/aromatic N) is 2. The molecule has 0 aliphatic heterocycles. The van der Waals surface area contributed by atoms with Crippen molar-refractivity contribution < 1.29 is 4.79 Å². The van der Waals surface area contributed by atoms with Crippen LogP contribution in [0.25, 0.3) is 22.3 Å². The van der Waals surface area contributed by atoms with E-state index >= 15 is 0 Å². The Balaban J connectivity index is 2.22. The number of ketones is 1. The second-order valence-corrected chi connectivity index (χ2v) is 6.47. The van der Waals surface area contributed by atoms with E-state index in [9.17, 15) is 14.4 Å². The largest absolute Gasteiger partial charge is 0.349 e. The Morgan fingerprint density at radius 3 is 2.19 bits per heavy atom. The lowest BCUT2D eigenvalue weighted by Gasteiger charge is -2.10. The lowest BCUT2D eigenvalue weighted by atomic mass is 10.1. The van der Waals surface area contributed by atoms with E-state index in [1.807, 2.05) is 32.0 Å². The molecule has 136 valence electrons. The fourth-order valence-electron chi connectivity index (χ4n) is 3.19. The molecule has 0 amide bonds. The third kappa shape index (κ3) is 3.03. The number of nitrogens with one attached hydrogen (secondary N) is 1. The number of aromatic amines is 1. The van der Waals surface area contributed by atoms with Gasteiger partial charge in [-0.25, -0.2) is 4.79 Å². The van der Waals surface area contributed by atoms with Crippen molar-refractivity contribution >= 4 is 16.8 Å². The van der Waals surface area contributed by atoms with Gasteiger partial charge in [-0.2, -0.15) is 0 Å². The van der Waals surface area contributed by atoms with Crippen LogP contribution in [0.5, 0.6) is 0 Å². The minimum absolute atomic E-state index is 0.00688. The molecule has 0 aliphatic rings. The number of carbonyl (C=O) groups is 1. The van der Waals surface area contributed by atoms with Crippen molar-refractivity contribution in [2.45, 2.75) is 46.7 Å². The van der Waals surface area contributed by atoms with Crippen molar-refractivity contribution in [3.8, 4) is 11.3 Å². The first kappa shape index (κ1) is 17.9. The highest BCUT2D eigenvalue weighted by molar-refractivity contribution is 5.94. The molecule has 6 heteroatoms. The maximum absolute atomic E-state index is 12.8. The van der Waals surface area contributed by atoms with E-state index in [1.54, 1.807) is 16.7 Å². The highest BCUT2D eigenvalue weighted by Crippen LogP contribution is 2.23. The van der Waals surface area contributed by atoms with E-state index in [1.165, 1.54) is 11.5 Å². The zero-order valence-corrected chi connectivity index (χ0v) is 15.3. The van der Waals surface area contributed by atoms with Crippen molar-refractivity contribution in [1.82, 2.24) is 14.1 Å². The second kappa shape index (κ2) is 7.15. The van der Waals surface area contributed by atoms with E-state index < -0.39 is 0 Å². The van der Waals surface area contributed by atoms with Gasteiger partial charge in [-0.15, -0.1) is 0 Å². The van der Waals surface area contributed by atoms with E-state index in [0.717, 1.165) is 17.7 Å². The van der Waals surface area contributed by atoms with Gasteiger partial charge >= 0.3 is 5.69 Å². The van der Waals surface area contributed by atoms with Crippen LogP contribution in [-0.4, -0.2) is 19.9 Å². The van der Waals surface area contributed by atoms with Crippen LogP contribution in [-0.2, 0) is 13.1 Å². The van der Waals surface area contributed by atoms with Gasteiger partial charge in [-0.1, -0.05) is 38.1 Å². The highest BCUT2D eigenvalue weighted by Gasteiger charge is 2.16. The number of benzene rings is 1. The van der Waals surface area contributed by atoms with Crippen molar-refractivity contribution in [3.63, 3.8) is 0 Å². The predicted molar refractivity (Wildman–Crippen MR) is 103 cm³/mol. The van der Waals surface area contributed by atoms with Crippen LogP contribution in [0.2, 0.25) is 0 Å². The molecule has 2 aromatic heterocycles. The predicted octanol–water partition coefficient (Wildman–Crippen LogP) is 3.18. The Bertz CT molecular complexity index is 1070. The van der Waals surface area contributed by atoms with Crippen LogP contribution < -0.4 is 11.2 Å². The normalized spacial score (nSPS) is 11.2. The first-order valence-corrected chi connectivity index (χ1v) is 8.95. The lowest BCUT2D eigenvalue weighted by molar-refractivity contribution is 0.101. The summed E-state index contributed by atoms with van der Waals surface area (Å²) in [4.78, 5) is 40.1. The van der Waals surface area contributed by atoms with Crippen LogP contribution in [0.4, 0.5) is 0 Å². The molecule has 0 fully saturated rings. The first-order chi connectivity index (χ1) is 12.5. The summed E-state index contributed by atoms with van der Waals surface area (Å²) >= 11 is 0. The first-order valence-electron chi connectivity index (χ1n) is 8.95. The molecule has 0 bridgehead atoms. The molecule has 3 rings (SSSR count). The Morgan fingerprint density at radius 1 is 1.00 bits per heavy atom. The van der Waals surface area contributed by atoms with E-state index in [0.29, 0.717) is 36.1 Å². The summed E-state index contributed by atoms with van der Waals surface area (Å²) in [5.74, 6) is 0.00688. The molecule has 3 aromatic rings. The van der Waals surface area contributed by atoms with Gasteiger partial charge < -0.3 is 4.98 Å². The third-order valence-corrected chi connectivity index (χ3v) is 4.51. The number of H-pyrrole nitrogens is 1. The van der Waals surface area contributed by atoms with Crippen molar-refractivity contribution in [2.75, 3.05) is 0 Å². The van der Waals surface area contributed by atoms with E-state index in [2.05, 4.69) is 4.98 Å². The minimum atomic E-state index is -0.286. The highest BCUT2D eigenvalue weighted by atomic mass is 16.2.